The molecule has 8 nitrogen and oxygen atoms in total. The molecule has 1 aliphatic heterocycles. The molecular weight excluding hydrogens is 284 g/mol. The molecule has 0 bridgehead atoms. The Labute approximate surface area is 128 Å². The van der Waals surface area contributed by atoms with E-state index in [0.717, 1.165) is 43.9 Å². The quantitative estimate of drug-likeness (QED) is 0.845. The number of H-pyrrole nitrogens is 1. The second-order valence-electron chi connectivity index (χ2n) is 5.60. The average Bonchev–Trinajstić information content (AvgIpc) is 3.16. The minimum absolute atomic E-state index is 0.289. The van der Waals surface area contributed by atoms with Gasteiger partial charge in [-0.3, -0.25) is 14.8 Å². The van der Waals surface area contributed by atoms with Crippen molar-refractivity contribution in [2.45, 2.75) is 38.6 Å². The van der Waals surface area contributed by atoms with Crippen molar-refractivity contribution in [3.05, 3.63) is 29.2 Å². The number of primary amides is 1. The number of nitrogens with zero attached hydrogens (tertiary/aromatic N) is 4. The zero-order valence-electron chi connectivity index (χ0n) is 12.6. The monoisotopic (exact) mass is 304 g/mol. The van der Waals surface area contributed by atoms with Crippen LogP contribution in [0.2, 0.25) is 0 Å². The van der Waals surface area contributed by atoms with Gasteiger partial charge < -0.3 is 10.3 Å². The molecule has 1 fully saturated rings. The summed E-state index contributed by atoms with van der Waals surface area (Å²) in [6, 6.07) is 1.75. The van der Waals surface area contributed by atoms with Gasteiger partial charge in [0, 0.05) is 24.6 Å². The van der Waals surface area contributed by atoms with Crippen molar-refractivity contribution in [2.24, 2.45) is 5.73 Å². The first-order valence-electron chi connectivity index (χ1n) is 7.54. The summed E-state index contributed by atoms with van der Waals surface area (Å²) >= 11 is 0. The molecule has 0 saturated carbocycles. The van der Waals surface area contributed by atoms with Crippen LogP contribution in [0.1, 0.15) is 53.6 Å². The Morgan fingerprint density at radius 2 is 2.45 bits per heavy atom. The minimum Gasteiger partial charge on any atom is -0.364 e. The van der Waals surface area contributed by atoms with Crippen LogP contribution in [0.3, 0.4) is 0 Å². The Kier molecular flexibility index (Phi) is 4.19. The van der Waals surface area contributed by atoms with Gasteiger partial charge in [-0.15, -0.1) is 0 Å². The molecule has 0 unspecified atom stereocenters. The van der Waals surface area contributed by atoms with E-state index >= 15 is 0 Å². The lowest BCUT2D eigenvalue weighted by atomic mass is 9.94. The van der Waals surface area contributed by atoms with Crippen LogP contribution in [0, 0.1) is 0 Å². The van der Waals surface area contributed by atoms with E-state index in [4.69, 9.17) is 10.3 Å². The van der Waals surface area contributed by atoms with Gasteiger partial charge in [0.05, 0.1) is 6.54 Å². The van der Waals surface area contributed by atoms with Crippen molar-refractivity contribution in [3.63, 3.8) is 0 Å². The number of amides is 1. The third-order valence-corrected chi connectivity index (χ3v) is 3.98. The predicted octanol–water partition coefficient (Wildman–Crippen LogP) is 0.834. The number of piperidine rings is 1. The summed E-state index contributed by atoms with van der Waals surface area (Å²) in [7, 11) is 0. The number of rotatable bonds is 5. The molecule has 1 atom stereocenters. The lowest BCUT2D eigenvalue weighted by Crippen LogP contribution is -2.34. The van der Waals surface area contributed by atoms with Gasteiger partial charge >= 0.3 is 0 Å². The molecule has 3 rings (SSSR count). The van der Waals surface area contributed by atoms with Crippen LogP contribution in [0.25, 0.3) is 0 Å². The number of likely N-dealkylation sites (tertiary alicyclic amines) is 1. The Morgan fingerprint density at radius 3 is 3.14 bits per heavy atom. The molecule has 0 aromatic carbocycles. The topological polar surface area (TPSA) is 114 Å². The maximum atomic E-state index is 11.1. The fourth-order valence-corrected chi connectivity index (χ4v) is 2.81. The summed E-state index contributed by atoms with van der Waals surface area (Å²) in [5.74, 6) is 1.19. The highest BCUT2D eigenvalue weighted by atomic mass is 16.5. The summed E-state index contributed by atoms with van der Waals surface area (Å²) in [5.41, 5.74) is 6.49. The van der Waals surface area contributed by atoms with Crippen LogP contribution in [-0.2, 0) is 13.0 Å². The molecule has 3 heterocycles. The molecule has 2 aromatic rings. The number of carbonyl (C=O) groups excluding carboxylic acids is 1. The van der Waals surface area contributed by atoms with E-state index in [1.807, 2.05) is 6.92 Å². The number of nitrogens with two attached hydrogens (primary N) is 1. The van der Waals surface area contributed by atoms with Gasteiger partial charge in [-0.25, -0.2) is 0 Å². The van der Waals surface area contributed by atoms with Crippen molar-refractivity contribution < 1.29 is 9.32 Å². The molecule has 1 saturated heterocycles. The first-order chi connectivity index (χ1) is 10.7. The highest BCUT2D eigenvalue weighted by Crippen LogP contribution is 2.26. The number of hydrogen-bond donors (Lipinski definition) is 2. The van der Waals surface area contributed by atoms with Crippen LogP contribution in [0.4, 0.5) is 0 Å². The highest BCUT2D eigenvalue weighted by Gasteiger charge is 2.24. The number of nitrogens with one attached hydrogen (secondary N) is 1. The third-order valence-electron chi connectivity index (χ3n) is 3.98. The van der Waals surface area contributed by atoms with Gasteiger partial charge in [0.25, 0.3) is 5.91 Å². The molecular formula is C14H20N6O2. The van der Waals surface area contributed by atoms with Crippen LogP contribution in [0.5, 0.6) is 0 Å². The Hall–Kier alpha value is -2.22. The minimum atomic E-state index is -0.506. The molecule has 22 heavy (non-hydrogen) atoms. The fourth-order valence-electron chi connectivity index (χ4n) is 2.81. The number of aromatic amines is 1. The number of aryl methyl sites for hydroxylation is 1. The highest BCUT2D eigenvalue weighted by molar-refractivity contribution is 5.90. The zero-order chi connectivity index (χ0) is 15.5. The van der Waals surface area contributed by atoms with Crippen molar-refractivity contribution in [1.29, 1.82) is 0 Å². The van der Waals surface area contributed by atoms with Crippen molar-refractivity contribution in [2.75, 3.05) is 13.1 Å². The zero-order valence-corrected chi connectivity index (χ0v) is 12.6. The van der Waals surface area contributed by atoms with Crippen LogP contribution >= 0.6 is 0 Å². The van der Waals surface area contributed by atoms with Gasteiger partial charge in [0.2, 0.25) is 5.89 Å². The van der Waals surface area contributed by atoms with Gasteiger partial charge in [0.15, 0.2) is 5.82 Å². The first kappa shape index (κ1) is 14.7. The van der Waals surface area contributed by atoms with E-state index in [1.54, 1.807) is 6.07 Å². The molecule has 1 amide bonds. The van der Waals surface area contributed by atoms with E-state index in [2.05, 4.69) is 25.2 Å². The van der Waals surface area contributed by atoms with Crippen LogP contribution < -0.4 is 5.73 Å². The van der Waals surface area contributed by atoms with Crippen LogP contribution in [-0.4, -0.2) is 44.2 Å². The predicted molar refractivity (Wildman–Crippen MR) is 78.0 cm³/mol. The van der Waals surface area contributed by atoms with E-state index in [9.17, 15) is 4.79 Å². The molecule has 2 aromatic heterocycles. The molecule has 0 aliphatic carbocycles. The van der Waals surface area contributed by atoms with Gasteiger partial charge in [-0.2, -0.15) is 10.1 Å². The number of aromatic nitrogens is 4. The van der Waals surface area contributed by atoms with Crippen molar-refractivity contribution in [1.82, 2.24) is 25.2 Å². The standard InChI is InChI=1S/C14H20N6O2/c1-2-12-16-13(22-19-12)8-20-5-3-4-9(7-20)10-6-11(14(15)21)18-17-10/h6,9H,2-5,7-8H2,1H3,(H2,15,21)(H,17,18)/t9-/m0/s1. The normalized spacial score (nSPS) is 19.4. The van der Waals surface area contributed by atoms with Gasteiger partial charge in [-0.05, 0) is 25.5 Å². The number of hydrogen-bond acceptors (Lipinski definition) is 6. The van der Waals surface area contributed by atoms with E-state index in [0.29, 0.717) is 18.4 Å². The van der Waals surface area contributed by atoms with Crippen molar-refractivity contribution >= 4 is 5.91 Å². The molecule has 0 spiro atoms. The van der Waals surface area contributed by atoms with Gasteiger partial charge in [0.1, 0.15) is 5.69 Å². The molecule has 3 N–H and O–H groups in total. The number of carbonyl (C=O) groups is 1. The largest absolute Gasteiger partial charge is 0.364 e. The summed E-state index contributed by atoms with van der Waals surface area (Å²) in [6.45, 7) is 4.52. The summed E-state index contributed by atoms with van der Waals surface area (Å²) in [4.78, 5) is 17.8. The maximum absolute atomic E-state index is 11.1. The van der Waals surface area contributed by atoms with E-state index in [-0.39, 0.29) is 5.69 Å². The lowest BCUT2D eigenvalue weighted by Gasteiger charge is -2.30. The Bertz CT molecular complexity index is 649. The third kappa shape index (κ3) is 3.16. The summed E-state index contributed by atoms with van der Waals surface area (Å²) in [6.07, 6.45) is 2.90. The SMILES string of the molecule is CCc1noc(CN2CCC[C@H](c3cc(C(N)=O)n[nH]3)C2)n1. The summed E-state index contributed by atoms with van der Waals surface area (Å²) in [5, 5.41) is 10.8. The molecule has 0 radical (unpaired) electrons. The molecule has 1 aliphatic rings. The van der Waals surface area contributed by atoms with E-state index < -0.39 is 5.91 Å². The van der Waals surface area contributed by atoms with E-state index in [1.165, 1.54) is 0 Å². The van der Waals surface area contributed by atoms with Crippen LogP contribution in [0.15, 0.2) is 10.6 Å². The van der Waals surface area contributed by atoms with Gasteiger partial charge in [-0.1, -0.05) is 12.1 Å². The summed E-state index contributed by atoms with van der Waals surface area (Å²) < 4.78 is 5.25. The second-order valence-corrected chi connectivity index (χ2v) is 5.60. The second kappa shape index (κ2) is 6.27. The van der Waals surface area contributed by atoms with Crippen molar-refractivity contribution in [3.8, 4) is 0 Å². The molecule has 8 heteroatoms. The Morgan fingerprint density at radius 1 is 1.59 bits per heavy atom. The Balaban J connectivity index is 1.64. The lowest BCUT2D eigenvalue weighted by molar-refractivity contribution is 0.0995. The molecule has 118 valence electrons. The average molecular weight is 304 g/mol. The maximum Gasteiger partial charge on any atom is 0.269 e. The first-order valence-corrected chi connectivity index (χ1v) is 7.54. The smallest absolute Gasteiger partial charge is 0.269 e. The fraction of sp³-hybridized carbons (Fsp3) is 0.571.